The molecule has 1 aliphatic rings. The van der Waals surface area contributed by atoms with E-state index in [1.807, 2.05) is 41.1 Å². The molecule has 0 saturated heterocycles. The molecule has 2 aromatic carbocycles. The third kappa shape index (κ3) is 6.77. The quantitative estimate of drug-likeness (QED) is 0.305. The van der Waals surface area contributed by atoms with Crippen molar-refractivity contribution in [3.63, 3.8) is 0 Å². The van der Waals surface area contributed by atoms with Crippen molar-refractivity contribution < 1.29 is 19.4 Å². The Labute approximate surface area is 207 Å². The van der Waals surface area contributed by atoms with E-state index in [1.165, 1.54) is 12.8 Å². The third-order valence-electron chi connectivity index (χ3n) is 6.41. The zero-order chi connectivity index (χ0) is 24.8. The van der Waals surface area contributed by atoms with Crippen LogP contribution in [0, 0.1) is 12.8 Å². The molecular formula is C28H37N3O4. The molecule has 0 aliphatic heterocycles. The van der Waals surface area contributed by atoms with E-state index in [4.69, 9.17) is 20.3 Å². The summed E-state index contributed by atoms with van der Waals surface area (Å²) in [7, 11) is 0. The fourth-order valence-corrected chi connectivity index (χ4v) is 4.38. The van der Waals surface area contributed by atoms with Crippen LogP contribution in [0.3, 0.4) is 0 Å². The Morgan fingerprint density at radius 3 is 2.77 bits per heavy atom. The maximum Gasteiger partial charge on any atom is 0.250 e. The number of aliphatic hydroxyl groups excluding tert-OH is 1. The van der Waals surface area contributed by atoms with E-state index in [2.05, 4.69) is 25.2 Å². The first-order chi connectivity index (χ1) is 16.9. The summed E-state index contributed by atoms with van der Waals surface area (Å²) >= 11 is 0. The number of hydrogen-bond donors (Lipinski definition) is 3. The fraction of sp³-hybridized carbons (Fsp3) is 0.464. The predicted molar refractivity (Wildman–Crippen MR) is 138 cm³/mol. The van der Waals surface area contributed by atoms with Gasteiger partial charge in [-0.05, 0) is 86.9 Å². The van der Waals surface area contributed by atoms with Crippen molar-refractivity contribution in [3.8, 4) is 11.5 Å². The Morgan fingerprint density at radius 2 is 2.03 bits per heavy atom. The molecule has 188 valence electrons. The van der Waals surface area contributed by atoms with E-state index in [9.17, 15) is 4.79 Å². The van der Waals surface area contributed by atoms with Crippen molar-refractivity contribution in [1.82, 2.24) is 9.88 Å². The smallest absolute Gasteiger partial charge is 0.250 e. The highest BCUT2D eigenvalue weighted by atomic mass is 16.5. The van der Waals surface area contributed by atoms with E-state index in [0.29, 0.717) is 37.6 Å². The number of rotatable bonds is 14. The molecule has 7 heteroatoms. The Hall–Kier alpha value is -3.03. The lowest BCUT2D eigenvalue weighted by atomic mass is 10.0. The summed E-state index contributed by atoms with van der Waals surface area (Å²) in [4.78, 5) is 12.2. The number of ether oxygens (including phenoxy) is 2. The SMILES string of the molecule is Cc1ccc(OCCNC(C)Cc2cc(C(N)=O)c3c(ccn3CCCO)c2)c(OCC2CC2)c1. The van der Waals surface area contributed by atoms with Crippen LogP contribution in [0.5, 0.6) is 11.5 Å². The summed E-state index contributed by atoms with van der Waals surface area (Å²) in [6.07, 6.45) is 5.85. The average Bonchev–Trinajstić information content (AvgIpc) is 3.58. The van der Waals surface area contributed by atoms with Crippen molar-refractivity contribution in [1.29, 1.82) is 0 Å². The van der Waals surface area contributed by atoms with E-state index >= 15 is 0 Å². The summed E-state index contributed by atoms with van der Waals surface area (Å²) in [5.74, 6) is 1.86. The molecule has 4 N–H and O–H groups in total. The highest BCUT2D eigenvalue weighted by molar-refractivity contribution is 6.05. The van der Waals surface area contributed by atoms with Gasteiger partial charge in [0.1, 0.15) is 6.61 Å². The molecule has 0 spiro atoms. The van der Waals surface area contributed by atoms with E-state index in [1.54, 1.807) is 0 Å². The molecule has 4 rings (SSSR count). The number of hydrogen-bond acceptors (Lipinski definition) is 5. The number of benzene rings is 2. The molecule has 1 saturated carbocycles. The summed E-state index contributed by atoms with van der Waals surface area (Å²) in [5, 5.41) is 13.7. The molecular weight excluding hydrogens is 442 g/mol. The van der Waals surface area contributed by atoms with Gasteiger partial charge in [0.2, 0.25) is 0 Å². The monoisotopic (exact) mass is 479 g/mol. The predicted octanol–water partition coefficient (Wildman–Crippen LogP) is 3.82. The van der Waals surface area contributed by atoms with Crippen LogP contribution in [0.4, 0.5) is 0 Å². The number of aryl methyl sites for hydroxylation is 2. The van der Waals surface area contributed by atoms with E-state index in [-0.39, 0.29) is 12.6 Å². The van der Waals surface area contributed by atoms with Gasteiger partial charge in [0.25, 0.3) is 5.91 Å². The number of primary amides is 1. The molecule has 1 atom stereocenters. The number of aromatic nitrogens is 1. The molecule has 7 nitrogen and oxygen atoms in total. The number of amides is 1. The first kappa shape index (κ1) is 25.1. The average molecular weight is 480 g/mol. The maximum absolute atomic E-state index is 12.2. The molecule has 0 bridgehead atoms. The standard InChI is InChI=1S/C28H37N3O4/c1-19-4-7-25(26(14-19)35-18-21-5-6-21)34-13-9-30-20(2)15-22-16-23-8-11-31(10-3-12-32)27(23)24(17-22)28(29)33/h4,7-8,11,14,16-17,20-21,30,32H,3,5-6,9-10,12-13,15,18H2,1-2H3,(H2,29,33). The molecule has 0 radical (unpaired) electrons. The minimum Gasteiger partial charge on any atom is -0.489 e. The van der Waals surface area contributed by atoms with Crippen LogP contribution in [0.25, 0.3) is 10.9 Å². The molecule has 1 unspecified atom stereocenters. The van der Waals surface area contributed by atoms with Crippen LogP contribution < -0.4 is 20.5 Å². The van der Waals surface area contributed by atoms with Gasteiger partial charge in [-0.1, -0.05) is 6.07 Å². The topological polar surface area (TPSA) is 98.7 Å². The highest BCUT2D eigenvalue weighted by Crippen LogP contribution is 2.33. The van der Waals surface area contributed by atoms with Crippen LogP contribution in [-0.2, 0) is 13.0 Å². The number of carbonyl (C=O) groups is 1. The lowest BCUT2D eigenvalue weighted by Crippen LogP contribution is -2.32. The largest absolute Gasteiger partial charge is 0.489 e. The Bertz CT molecular complexity index is 1150. The van der Waals surface area contributed by atoms with Gasteiger partial charge in [0.15, 0.2) is 11.5 Å². The fourth-order valence-electron chi connectivity index (χ4n) is 4.38. The third-order valence-corrected chi connectivity index (χ3v) is 6.41. The van der Waals surface area contributed by atoms with Crippen LogP contribution in [0.15, 0.2) is 42.6 Å². The zero-order valence-corrected chi connectivity index (χ0v) is 20.8. The lowest BCUT2D eigenvalue weighted by molar-refractivity contribution is 0.100. The second-order valence-corrected chi connectivity index (χ2v) is 9.64. The van der Waals surface area contributed by atoms with Crippen LogP contribution in [0.2, 0.25) is 0 Å². The number of nitrogens with two attached hydrogens (primary N) is 1. The summed E-state index contributed by atoms with van der Waals surface area (Å²) in [6, 6.07) is 12.3. The first-order valence-corrected chi connectivity index (χ1v) is 12.6. The van der Waals surface area contributed by atoms with Gasteiger partial charge in [-0.25, -0.2) is 0 Å². The number of carbonyl (C=O) groups excluding carboxylic acids is 1. The van der Waals surface area contributed by atoms with Crippen molar-refractivity contribution in [2.24, 2.45) is 11.7 Å². The van der Waals surface area contributed by atoms with Gasteiger partial charge in [0.05, 0.1) is 17.7 Å². The van der Waals surface area contributed by atoms with Crippen molar-refractivity contribution in [2.75, 3.05) is 26.4 Å². The summed E-state index contributed by atoms with van der Waals surface area (Å²) in [6.45, 7) is 6.92. The first-order valence-electron chi connectivity index (χ1n) is 12.6. The Morgan fingerprint density at radius 1 is 1.20 bits per heavy atom. The zero-order valence-electron chi connectivity index (χ0n) is 20.8. The summed E-state index contributed by atoms with van der Waals surface area (Å²) < 4.78 is 14.0. The Balaban J connectivity index is 1.32. The lowest BCUT2D eigenvalue weighted by Gasteiger charge is -2.17. The molecule has 35 heavy (non-hydrogen) atoms. The van der Waals surface area contributed by atoms with Gasteiger partial charge in [0, 0.05) is 37.3 Å². The van der Waals surface area contributed by atoms with Gasteiger partial charge >= 0.3 is 0 Å². The van der Waals surface area contributed by atoms with Crippen molar-refractivity contribution in [3.05, 3.63) is 59.3 Å². The van der Waals surface area contributed by atoms with Gasteiger partial charge in [-0.2, -0.15) is 0 Å². The van der Waals surface area contributed by atoms with Crippen LogP contribution in [0.1, 0.15) is 47.7 Å². The minimum atomic E-state index is -0.437. The number of nitrogens with zero attached hydrogens (tertiary/aromatic N) is 1. The molecule has 1 aromatic heterocycles. The van der Waals surface area contributed by atoms with Crippen molar-refractivity contribution >= 4 is 16.8 Å². The maximum atomic E-state index is 12.2. The molecule has 1 amide bonds. The van der Waals surface area contributed by atoms with Crippen LogP contribution in [-0.4, -0.2) is 48.0 Å². The van der Waals surface area contributed by atoms with E-state index in [0.717, 1.165) is 46.6 Å². The van der Waals surface area contributed by atoms with Crippen molar-refractivity contribution in [2.45, 2.75) is 52.1 Å². The highest BCUT2D eigenvalue weighted by Gasteiger charge is 2.22. The van der Waals surface area contributed by atoms with Gasteiger partial charge in [-0.3, -0.25) is 4.79 Å². The minimum absolute atomic E-state index is 0.106. The van der Waals surface area contributed by atoms with Crippen LogP contribution >= 0.6 is 0 Å². The second kappa shape index (κ2) is 11.6. The Kier molecular flexibility index (Phi) is 8.31. The molecule has 1 aliphatic carbocycles. The second-order valence-electron chi connectivity index (χ2n) is 9.64. The van der Waals surface area contributed by atoms with Gasteiger partial charge in [-0.15, -0.1) is 0 Å². The number of aliphatic hydroxyl groups is 1. The molecule has 3 aromatic rings. The number of fused-ring (bicyclic) bond motifs is 1. The number of nitrogens with one attached hydrogen (secondary N) is 1. The van der Waals surface area contributed by atoms with E-state index < -0.39 is 5.91 Å². The summed E-state index contributed by atoms with van der Waals surface area (Å²) in [5.41, 5.74) is 9.28. The molecule has 1 heterocycles. The molecule has 1 fully saturated rings. The normalized spacial score (nSPS) is 14.3. The van der Waals surface area contributed by atoms with Gasteiger partial charge < -0.3 is 30.2 Å².